The van der Waals surface area contributed by atoms with E-state index in [9.17, 15) is 9.18 Å². The largest absolute Gasteiger partial charge is 0.441 e. The van der Waals surface area contributed by atoms with E-state index in [-0.39, 0.29) is 11.1 Å². The summed E-state index contributed by atoms with van der Waals surface area (Å²) >= 11 is 0. The quantitative estimate of drug-likeness (QED) is 0.509. The molecule has 7 nitrogen and oxygen atoms in total. The van der Waals surface area contributed by atoms with Gasteiger partial charge < -0.3 is 14.2 Å². The van der Waals surface area contributed by atoms with Crippen LogP contribution >= 0.6 is 0 Å². The summed E-state index contributed by atoms with van der Waals surface area (Å²) < 4.78 is 21.4. The van der Waals surface area contributed by atoms with Crippen molar-refractivity contribution in [3.8, 4) is 11.3 Å². The third kappa shape index (κ3) is 3.13. The average Bonchev–Trinajstić information content (AvgIpc) is 3.10. The minimum atomic E-state index is -0.499. The van der Waals surface area contributed by atoms with Gasteiger partial charge in [-0.25, -0.2) is 14.4 Å². The number of anilines is 1. The van der Waals surface area contributed by atoms with Gasteiger partial charge in [-0.3, -0.25) is 9.20 Å². The van der Waals surface area contributed by atoms with E-state index in [1.54, 1.807) is 13.0 Å². The Labute approximate surface area is 172 Å². The van der Waals surface area contributed by atoms with Gasteiger partial charge in [0.25, 0.3) is 5.56 Å². The van der Waals surface area contributed by atoms with Gasteiger partial charge in [0, 0.05) is 50.4 Å². The van der Waals surface area contributed by atoms with Crippen molar-refractivity contribution < 1.29 is 8.81 Å². The van der Waals surface area contributed by atoms with Gasteiger partial charge in [-0.2, -0.15) is 0 Å². The third-order valence-corrected chi connectivity index (χ3v) is 5.82. The standard InChI is InChI=1S/C22H22FN5O2/c1-13-11-27(7-6-26(13)3)16-4-5-20-25-18(10-21(29)28(20)12-16)15-8-17(23)22-19(9-15)30-14(2)24-22/h4-5,8-10,12-13H,6-7,11H2,1-3H3/t13-/m0/s1. The van der Waals surface area contributed by atoms with Crippen LogP contribution in [0.4, 0.5) is 10.1 Å². The number of hydrogen-bond acceptors (Lipinski definition) is 6. The molecule has 8 heteroatoms. The van der Waals surface area contributed by atoms with Crippen LogP contribution in [0.3, 0.4) is 0 Å². The Hall–Kier alpha value is -3.26. The van der Waals surface area contributed by atoms with E-state index in [2.05, 4.69) is 33.7 Å². The van der Waals surface area contributed by atoms with Gasteiger partial charge in [-0.15, -0.1) is 0 Å². The summed E-state index contributed by atoms with van der Waals surface area (Å²) in [5.74, 6) is -0.112. The van der Waals surface area contributed by atoms with Crippen LogP contribution in [-0.4, -0.2) is 52.0 Å². The highest BCUT2D eigenvalue weighted by molar-refractivity contribution is 5.80. The van der Waals surface area contributed by atoms with Crippen LogP contribution in [0, 0.1) is 12.7 Å². The number of halogens is 1. The molecule has 1 fully saturated rings. The molecule has 0 amide bonds. The number of nitrogens with zero attached hydrogens (tertiary/aromatic N) is 5. The van der Waals surface area contributed by atoms with E-state index in [1.165, 1.54) is 16.5 Å². The summed E-state index contributed by atoms with van der Waals surface area (Å²) in [6, 6.07) is 8.67. The number of rotatable bonds is 2. The number of hydrogen-bond donors (Lipinski definition) is 0. The number of aromatic nitrogens is 3. The Morgan fingerprint density at radius 1 is 1.17 bits per heavy atom. The van der Waals surface area contributed by atoms with Crippen molar-refractivity contribution >= 4 is 22.4 Å². The van der Waals surface area contributed by atoms with Crippen molar-refractivity contribution in [2.24, 2.45) is 0 Å². The zero-order chi connectivity index (χ0) is 21.0. The molecule has 4 heterocycles. The number of pyridine rings is 1. The van der Waals surface area contributed by atoms with E-state index in [0.29, 0.717) is 34.4 Å². The smallest absolute Gasteiger partial charge is 0.258 e. The molecule has 1 atom stereocenters. The van der Waals surface area contributed by atoms with E-state index in [0.717, 1.165) is 25.3 Å². The van der Waals surface area contributed by atoms with E-state index in [1.807, 2.05) is 18.3 Å². The second kappa shape index (κ2) is 6.91. The zero-order valence-electron chi connectivity index (χ0n) is 17.1. The fourth-order valence-electron chi connectivity index (χ4n) is 3.96. The maximum atomic E-state index is 14.4. The van der Waals surface area contributed by atoms with Crippen LogP contribution in [0.25, 0.3) is 28.0 Å². The minimum absolute atomic E-state index is 0.180. The molecule has 3 aromatic heterocycles. The van der Waals surface area contributed by atoms with Crippen LogP contribution in [0.5, 0.6) is 0 Å². The van der Waals surface area contributed by atoms with Crippen LogP contribution in [0.2, 0.25) is 0 Å². The summed E-state index contributed by atoms with van der Waals surface area (Å²) in [4.78, 5) is 26.1. The molecule has 30 heavy (non-hydrogen) atoms. The summed E-state index contributed by atoms with van der Waals surface area (Å²) in [5, 5.41) is 0. The summed E-state index contributed by atoms with van der Waals surface area (Å²) in [5.41, 5.74) is 2.68. The van der Waals surface area contributed by atoms with Crippen molar-refractivity contribution in [3.63, 3.8) is 0 Å². The summed E-state index contributed by atoms with van der Waals surface area (Å²) in [6.07, 6.45) is 1.83. The maximum Gasteiger partial charge on any atom is 0.258 e. The molecule has 154 valence electrons. The van der Waals surface area contributed by atoms with Crippen LogP contribution in [0.15, 0.2) is 45.7 Å². The first-order valence-corrected chi connectivity index (χ1v) is 9.95. The first kappa shape index (κ1) is 18.7. The van der Waals surface area contributed by atoms with Gasteiger partial charge in [0.1, 0.15) is 11.2 Å². The number of oxazole rings is 1. The first-order chi connectivity index (χ1) is 14.4. The Morgan fingerprint density at radius 2 is 2.00 bits per heavy atom. The van der Waals surface area contributed by atoms with Gasteiger partial charge in [-0.1, -0.05) is 0 Å². The predicted molar refractivity (Wildman–Crippen MR) is 113 cm³/mol. The lowest BCUT2D eigenvalue weighted by molar-refractivity contribution is 0.234. The molecule has 0 saturated carbocycles. The molecule has 0 N–H and O–H groups in total. The fourth-order valence-corrected chi connectivity index (χ4v) is 3.96. The average molecular weight is 407 g/mol. The highest BCUT2D eigenvalue weighted by Crippen LogP contribution is 2.26. The summed E-state index contributed by atoms with van der Waals surface area (Å²) in [7, 11) is 2.12. The summed E-state index contributed by atoms with van der Waals surface area (Å²) in [6.45, 7) is 6.64. The molecule has 1 aromatic carbocycles. The number of fused-ring (bicyclic) bond motifs is 2. The minimum Gasteiger partial charge on any atom is -0.441 e. The Morgan fingerprint density at radius 3 is 2.80 bits per heavy atom. The fraction of sp³-hybridized carbons (Fsp3) is 0.318. The van der Waals surface area contributed by atoms with Gasteiger partial charge in [0.15, 0.2) is 17.3 Å². The van der Waals surface area contributed by atoms with Gasteiger partial charge in [-0.05, 0) is 38.2 Å². The molecule has 5 rings (SSSR count). The molecule has 1 aliphatic heterocycles. The highest BCUT2D eigenvalue weighted by Gasteiger charge is 2.21. The topological polar surface area (TPSA) is 66.9 Å². The van der Waals surface area contributed by atoms with E-state index in [4.69, 9.17) is 4.42 Å². The lowest BCUT2D eigenvalue weighted by Crippen LogP contribution is -2.50. The van der Waals surface area contributed by atoms with Crippen LogP contribution in [0.1, 0.15) is 12.8 Å². The van der Waals surface area contributed by atoms with Crippen LogP contribution in [-0.2, 0) is 0 Å². The first-order valence-electron chi connectivity index (χ1n) is 9.95. The molecule has 0 aliphatic carbocycles. The van der Waals surface area contributed by atoms with Gasteiger partial charge >= 0.3 is 0 Å². The number of likely N-dealkylation sites (N-methyl/N-ethyl adjacent to an activating group) is 1. The third-order valence-electron chi connectivity index (χ3n) is 5.82. The molecule has 0 spiro atoms. The van der Waals surface area contributed by atoms with Crippen LogP contribution < -0.4 is 10.5 Å². The van der Waals surface area contributed by atoms with Crippen molar-refractivity contribution in [2.45, 2.75) is 19.9 Å². The SMILES string of the molecule is Cc1nc2c(F)cc(-c3cc(=O)n4cc(N5CCN(C)[C@@H](C)C5)ccc4n3)cc2o1. The van der Waals surface area contributed by atoms with Crippen molar-refractivity contribution in [2.75, 3.05) is 31.6 Å². The van der Waals surface area contributed by atoms with E-state index >= 15 is 0 Å². The lowest BCUT2D eigenvalue weighted by Gasteiger charge is -2.39. The van der Waals surface area contributed by atoms with Crippen molar-refractivity contribution in [1.82, 2.24) is 19.3 Å². The molecule has 0 unspecified atom stereocenters. The second-order valence-corrected chi connectivity index (χ2v) is 7.91. The molecule has 1 saturated heterocycles. The van der Waals surface area contributed by atoms with Crippen molar-refractivity contribution in [1.29, 1.82) is 0 Å². The molecule has 4 aromatic rings. The second-order valence-electron chi connectivity index (χ2n) is 7.91. The maximum absolute atomic E-state index is 14.4. The number of piperazine rings is 1. The number of benzene rings is 1. The normalized spacial score (nSPS) is 17.9. The monoisotopic (exact) mass is 407 g/mol. The zero-order valence-corrected chi connectivity index (χ0v) is 17.1. The predicted octanol–water partition coefficient (Wildman–Crippen LogP) is 3.09. The Bertz CT molecular complexity index is 1330. The van der Waals surface area contributed by atoms with Gasteiger partial charge in [0.05, 0.1) is 11.4 Å². The Kier molecular flexibility index (Phi) is 4.32. The molecular formula is C22H22FN5O2. The molecule has 0 bridgehead atoms. The van der Waals surface area contributed by atoms with Gasteiger partial charge in [0.2, 0.25) is 0 Å². The number of aryl methyl sites for hydroxylation is 1. The molecular weight excluding hydrogens is 385 g/mol. The Balaban J connectivity index is 1.56. The highest BCUT2D eigenvalue weighted by atomic mass is 19.1. The lowest BCUT2D eigenvalue weighted by atomic mass is 10.1. The van der Waals surface area contributed by atoms with E-state index < -0.39 is 5.82 Å². The van der Waals surface area contributed by atoms with Crippen molar-refractivity contribution in [3.05, 3.63) is 58.6 Å². The molecule has 1 aliphatic rings. The molecule has 0 radical (unpaired) electrons.